The Hall–Kier alpha value is -1.10. The summed E-state index contributed by atoms with van der Waals surface area (Å²) in [6.07, 6.45) is 1.13. The molecule has 5 heteroatoms. The molecule has 2 heterocycles. The molecule has 0 spiro atoms. The zero-order valence-corrected chi connectivity index (χ0v) is 10.7. The highest BCUT2D eigenvalue weighted by Gasteiger charge is 2.41. The smallest absolute Gasteiger partial charge is 0.324 e. The zero-order valence-electron chi connectivity index (χ0n) is 10.7. The summed E-state index contributed by atoms with van der Waals surface area (Å²) in [5.41, 5.74) is -0.0937. The summed E-state index contributed by atoms with van der Waals surface area (Å²) < 4.78 is 5.23. The number of nitrogens with one attached hydrogen (secondary N) is 1. The molecule has 3 amide bonds. The predicted molar refractivity (Wildman–Crippen MR) is 62.5 cm³/mol. The van der Waals surface area contributed by atoms with Gasteiger partial charge in [-0.25, -0.2) is 4.79 Å². The van der Waals surface area contributed by atoms with E-state index in [4.69, 9.17) is 4.74 Å². The van der Waals surface area contributed by atoms with Crippen LogP contribution in [0.2, 0.25) is 0 Å². The Kier molecular flexibility index (Phi) is 3.12. The van der Waals surface area contributed by atoms with Gasteiger partial charge in [-0.15, -0.1) is 0 Å². The van der Waals surface area contributed by atoms with Crippen LogP contribution in [0.5, 0.6) is 0 Å². The topological polar surface area (TPSA) is 58.6 Å². The van der Waals surface area contributed by atoms with Crippen molar-refractivity contribution in [3.63, 3.8) is 0 Å². The van der Waals surface area contributed by atoms with Crippen molar-refractivity contribution in [2.24, 2.45) is 5.41 Å². The summed E-state index contributed by atoms with van der Waals surface area (Å²) in [4.78, 5) is 25.4. The molecule has 17 heavy (non-hydrogen) atoms. The van der Waals surface area contributed by atoms with E-state index in [2.05, 4.69) is 5.32 Å². The van der Waals surface area contributed by atoms with Gasteiger partial charge in [0, 0.05) is 19.1 Å². The van der Waals surface area contributed by atoms with E-state index in [1.165, 1.54) is 4.90 Å². The molecular weight excluding hydrogens is 220 g/mol. The van der Waals surface area contributed by atoms with E-state index in [-0.39, 0.29) is 29.4 Å². The maximum atomic E-state index is 12.1. The molecule has 0 aromatic heterocycles. The van der Waals surface area contributed by atoms with Crippen molar-refractivity contribution in [3.05, 3.63) is 0 Å². The molecule has 0 aromatic carbocycles. The third-order valence-corrected chi connectivity index (χ3v) is 3.48. The molecule has 2 aliphatic rings. The van der Waals surface area contributed by atoms with Crippen LogP contribution >= 0.6 is 0 Å². The average molecular weight is 240 g/mol. The van der Waals surface area contributed by atoms with E-state index < -0.39 is 0 Å². The molecule has 2 saturated heterocycles. The number of nitrogens with zero attached hydrogens (tertiary/aromatic N) is 1. The quantitative estimate of drug-likeness (QED) is 0.747. The van der Waals surface area contributed by atoms with Gasteiger partial charge in [0.2, 0.25) is 5.91 Å². The van der Waals surface area contributed by atoms with Crippen LogP contribution < -0.4 is 5.32 Å². The average Bonchev–Trinajstić information content (AvgIpc) is 2.68. The normalized spacial score (nSPS) is 30.6. The highest BCUT2D eigenvalue weighted by molar-refractivity contribution is 5.97. The molecule has 1 N–H and O–H groups in total. The van der Waals surface area contributed by atoms with E-state index in [1.807, 2.05) is 20.8 Å². The maximum absolute atomic E-state index is 12.1. The van der Waals surface area contributed by atoms with Crippen molar-refractivity contribution >= 4 is 11.9 Å². The van der Waals surface area contributed by atoms with Gasteiger partial charge in [-0.2, -0.15) is 0 Å². The fraction of sp³-hybridized carbons (Fsp3) is 0.833. The number of carbonyl (C=O) groups is 2. The highest BCUT2D eigenvalue weighted by Crippen LogP contribution is 2.27. The number of hydrogen-bond donors (Lipinski definition) is 1. The lowest BCUT2D eigenvalue weighted by Gasteiger charge is -2.39. The van der Waals surface area contributed by atoms with E-state index in [1.54, 1.807) is 0 Å². The first-order valence-electron chi connectivity index (χ1n) is 6.10. The molecule has 96 valence electrons. The van der Waals surface area contributed by atoms with Gasteiger partial charge in [-0.3, -0.25) is 9.69 Å². The molecule has 0 radical (unpaired) electrons. The van der Waals surface area contributed by atoms with Crippen LogP contribution in [-0.4, -0.2) is 42.1 Å². The molecule has 0 bridgehead atoms. The second-order valence-electron chi connectivity index (χ2n) is 5.85. The minimum Gasteiger partial charge on any atom is -0.379 e. The van der Waals surface area contributed by atoms with Gasteiger partial charge >= 0.3 is 6.03 Å². The molecule has 0 aliphatic carbocycles. The monoisotopic (exact) mass is 240 g/mol. The van der Waals surface area contributed by atoms with Crippen molar-refractivity contribution < 1.29 is 14.3 Å². The lowest BCUT2D eigenvalue weighted by Crippen LogP contribution is -2.61. The van der Waals surface area contributed by atoms with Crippen LogP contribution in [0.15, 0.2) is 0 Å². The van der Waals surface area contributed by atoms with Crippen molar-refractivity contribution in [1.82, 2.24) is 10.2 Å². The van der Waals surface area contributed by atoms with Gasteiger partial charge in [-0.1, -0.05) is 20.8 Å². The van der Waals surface area contributed by atoms with Gasteiger partial charge in [0.25, 0.3) is 0 Å². The Morgan fingerprint density at radius 1 is 1.35 bits per heavy atom. The molecule has 2 aliphatic heterocycles. The van der Waals surface area contributed by atoms with Crippen LogP contribution in [0, 0.1) is 5.41 Å². The van der Waals surface area contributed by atoms with Gasteiger partial charge in [0.05, 0.1) is 12.6 Å². The molecule has 2 rings (SSSR count). The first-order chi connectivity index (χ1) is 7.89. The number of rotatable bonds is 1. The van der Waals surface area contributed by atoms with Gasteiger partial charge in [-0.05, 0) is 11.8 Å². The lowest BCUT2D eigenvalue weighted by atomic mass is 9.83. The Labute approximate surface area is 101 Å². The molecular formula is C12H20N2O3. The predicted octanol–water partition coefficient (Wildman–Crippen LogP) is 1.13. The Bertz CT molecular complexity index is 311. The third-order valence-electron chi connectivity index (χ3n) is 3.48. The Balaban J connectivity index is 2.08. The number of urea groups is 1. The van der Waals surface area contributed by atoms with Crippen LogP contribution in [-0.2, 0) is 9.53 Å². The van der Waals surface area contributed by atoms with Gasteiger partial charge < -0.3 is 10.1 Å². The molecule has 2 atom stereocenters. The van der Waals surface area contributed by atoms with Crippen molar-refractivity contribution in [1.29, 1.82) is 0 Å². The fourth-order valence-electron chi connectivity index (χ4n) is 2.27. The molecule has 2 unspecified atom stereocenters. The number of carbonyl (C=O) groups excluding carboxylic acids is 2. The summed E-state index contributed by atoms with van der Waals surface area (Å²) in [6, 6.07) is -0.429. The minimum atomic E-state index is -0.267. The van der Waals surface area contributed by atoms with E-state index in [0.29, 0.717) is 19.6 Å². The number of imide groups is 1. The summed E-state index contributed by atoms with van der Waals surface area (Å²) in [5.74, 6) is -0.0795. The summed E-state index contributed by atoms with van der Waals surface area (Å²) in [6.45, 7) is 7.18. The Morgan fingerprint density at radius 2 is 2.06 bits per heavy atom. The van der Waals surface area contributed by atoms with Crippen LogP contribution in [0.25, 0.3) is 0 Å². The van der Waals surface area contributed by atoms with E-state index in [0.717, 1.165) is 6.42 Å². The number of ether oxygens (including phenoxy) is 1. The van der Waals surface area contributed by atoms with E-state index >= 15 is 0 Å². The summed E-state index contributed by atoms with van der Waals surface area (Å²) in [7, 11) is 0. The Morgan fingerprint density at radius 3 is 2.53 bits per heavy atom. The number of amides is 3. The van der Waals surface area contributed by atoms with Crippen molar-refractivity contribution in [3.8, 4) is 0 Å². The van der Waals surface area contributed by atoms with Crippen molar-refractivity contribution in [2.75, 3.05) is 13.2 Å². The number of hydrogen-bond acceptors (Lipinski definition) is 3. The van der Waals surface area contributed by atoms with Gasteiger partial charge in [0.1, 0.15) is 0 Å². The van der Waals surface area contributed by atoms with E-state index in [9.17, 15) is 9.59 Å². The molecule has 5 nitrogen and oxygen atoms in total. The molecule has 0 saturated carbocycles. The second-order valence-corrected chi connectivity index (χ2v) is 5.85. The first kappa shape index (κ1) is 12.4. The molecule has 2 fully saturated rings. The minimum absolute atomic E-state index is 0.0795. The maximum Gasteiger partial charge on any atom is 0.324 e. The van der Waals surface area contributed by atoms with Gasteiger partial charge in [0.15, 0.2) is 0 Å². The van der Waals surface area contributed by atoms with Crippen LogP contribution in [0.1, 0.15) is 33.6 Å². The first-order valence-corrected chi connectivity index (χ1v) is 6.10. The largest absolute Gasteiger partial charge is 0.379 e. The second kappa shape index (κ2) is 4.29. The van der Waals surface area contributed by atoms with Crippen LogP contribution in [0.3, 0.4) is 0 Å². The SMILES string of the molecule is CC(C)(C)C1CC(=O)N(C2CCOC2)C(=O)N1. The fourth-order valence-corrected chi connectivity index (χ4v) is 2.27. The summed E-state index contributed by atoms with van der Waals surface area (Å²) >= 11 is 0. The van der Waals surface area contributed by atoms with Crippen LogP contribution in [0.4, 0.5) is 4.79 Å². The lowest BCUT2D eigenvalue weighted by molar-refractivity contribution is -0.133. The standard InChI is InChI=1S/C12H20N2O3/c1-12(2,3)9-6-10(15)14(11(16)13-9)8-4-5-17-7-8/h8-9H,4-7H2,1-3H3,(H,13,16). The summed E-state index contributed by atoms with van der Waals surface area (Å²) in [5, 5.41) is 2.92. The molecule has 0 aromatic rings. The zero-order chi connectivity index (χ0) is 12.6. The third kappa shape index (κ3) is 2.44. The van der Waals surface area contributed by atoms with Crippen molar-refractivity contribution in [2.45, 2.75) is 45.7 Å². The highest BCUT2D eigenvalue weighted by atomic mass is 16.5.